The van der Waals surface area contributed by atoms with Gasteiger partial charge in [0.25, 0.3) is 0 Å². The standard InChI is InChI=1S/C20H18INO2/c1-14-3-2-4-15(20(14)21)13-22(16-5-9-18(23)10-6-16)17-7-11-19(24)12-8-17/h2-12,23-24H,13H2,1H3. The van der Waals surface area contributed by atoms with Gasteiger partial charge in [-0.25, -0.2) is 0 Å². The van der Waals surface area contributed by atoms with Crippen LogP contribution < -0.4 is 4.90 Å². The number of hydrogen-bond donors (Lipinski definition) is 2. The fourth-order valence-electron chi connectivity index (χ4n) is 2.60. The van der Waals surface area contributed by atoms with Crippen molar-refractivity contribution in [3.8, 4) is 11.5 Å². The van der Waals surface area contributed by atoms with Crippen LogP contribution in [0.5, 0.6) is 11.5 Å². The van der Waals surface area contributed by atoms with E-state index in [1.807, 2.05) is 24.3 Å². The molecule has 0 aliphatic rings. The minimum absolute atomic E-state index is 0.245. The van der Waals surface area contributed by atoms with Gasteiger partial charge in [-0.2, -0.15) is 0 Å². The van der Waals surface area contributed by atoms with Crippen LogP contribution in [0.2, 0.25) is 0 Å². The number of rotatable bonds is 4. The van der Waals surface area contributed by atoms with Gasteiger partial charge >= 0.3 is 0 Å². The van der Waals surface area contributed by atoms with Crippen molar-refractivity contribution in [3.63, 3.8) is 0 Å². The number of nitrogens with zero attached hydrogens (tertiary/aromatic N) is 1. The molecule has 3 nitrogen and oxygen atoms in total. The number of phenolic OH excluding ortho intramolecular Hbond substituents is 2. The molecular formula is C20H18INO2. The molecule has 0 radical (unpaired) electrons. The first-order valence-corrected chi connectivity index (χ1v) is 8.72. The van der Waals surface area contributed by atoms with Gasteiger partial charge in [-0.1, -0.05) is 18.2 Å². The molecule has 24 heavy (non-hydrogen) atoms. The van der Waals surface area contributed by atoms with Crippen molar-refractivity contribution in [1.29, 1.82) is 0 Å². The fraction of sp³-hybridized carbons (Fsp3) is 0.100. The lowest BCUT2D eigenvalue weighted by Gasteiger charge is -2.26. The molecule has 0 spiro atoms. The lowest BCUT2D eigenvalue weighted by atomic mass is 10.1. The summed E-state index contributed by atoms with van der Waals surface area (Å²) in [7, 11) is 0. The summed E-state index contributed by atoms with van der Waals surface area (Å²) in [4.78, 5) is 2.16. The molecule has 0 aliphatic carbocycles. The molecule has 3 aromatic carbocycles. The average molecular weight is 431 g/mol. The van der Waals surface area contributed by atoms with Gasteiger partial charge in [0, 0.05) is 21.5 Å². The molecule has 0 atom stereocenters. The second-order valence-corrected chi connectivity index (χ2v) is 6.75. The zero-order valence-corrected chi connectivity index (χ0v) is 15.4. The Labute approximate surface area is 155 Å². The van der Waals surface area contributed by atoms with Crippen LogP contribution >= 0.6 is 22.6 Å². The number of aryl methyl sites for hydroxylation is 1. The highest BCUT2D eigenvalue weighted by Gasteiger charge is 2.13. The lowest BCUT2D eigenvalue weighted by Crippen LogP contribution is -2.17. The number of phenols is 2. The van der Waals surface area contributed by atoms with Crippen LogP contribution in [0.1, 0.15) is 11.1 Å². The van der Waals surface area contributed by atoms with E-state index in [9.17, 15) is 10.2 Å². The highest BCUT2D eigenvalue weighted by atomic mass is 127. The number of hydrogen-bond acceptors (Lipinski definition) is 3. The average Bonchev–Trinajstić information content (AvgIpc) is 2.58. The van der Waals surface area contributed by atoms with E-state index in [0.717, 1.165) is 11.4 Å². The molecule has 0 aromatic heterocycles. The fourth-order valence-corrected chi connectivity index (χ4v) is 3.13. The van der Waals surface area contributed by atoms with Gasteiger partial charge in [0.2, 0.25) is 0 Å². The van der Waals surface area contributed by atoms with E-state index in [-0.39, 0.29) is 11.5 Å². The quantitative estimate of drug-likeness (QED) is 0.548. The van der Waals surface area contributed by atoms with E-state index >= 15 is 0 Å². The summed E-state index contributed by atoms with van der Waals surface area (Å²) in [5.41, 5.74) is 4.45. The molecule has 4 heteroatoms. The summed E-state index contributed by atoms with van der Waals surface area (Å²) >= 11 is 2.38. The van der Waals surface area contributed by atoms with Crippen molar-refractivity contribution in [2.75, 3.05) is 4.90 Å². The van der Waals surface area contributed by atoms with E-state index in [2.05, 4.69) is 52.6 Å². The van der Waals surface area contributed by atoms with Gasteiger partial charge in [-0.3, -0.25) is 0 Å². The molecule has 0 bridgehead atoms. The maximum atomic E-state index is 9.56. The van der Waals surface area contributed by atoms with Gasteiger partial charge in [0.1, 0.15) is 11.5 Å². The van der Waals surface area contributed by atoms with E-state index < -0.39 is 0 Å². The Hall–Kier alpha value is -2.21. The largest absolute Gasteiger partial charge is 0.508 e. The summed E-state index contributed by atoms with van der Waals surface area (Å²) in [6.07, 6.45) is 0. The second kappa shape index (κ2) is 7.13. The Kier molecular flexibility index (Phi) is 4.94. The predicted molar refractivity (Wildman–Crippen MR) is 106 cm³/mol. The molecule has 122 valence electrons. The molecule has 0 unspecified atom stereocenters. The molecule has 0 saturated carbocycles. The minimum atomic E-state index is 0.245. The van der Waals surface area contributed by atoms with Crippen LogP contribution in [0.25, 0.3) is 0 Å². The first-order valence-electron chi connectivity index (χ1n) is 7.64. The summed E-state index contributed by atoms with van der Waals surface area (Å²) in [5, 5.41) is 19.1. The molecule has 3 rings (SSSR count). The van der Waals surface area contributed by atoms with Crippen molar-refractivity contribution < 1.29 is 10.2 Å². The highest BCUT2D eigenvalue weighted by molar-refractivity contribution is 14.1. The van der Waals surface area contributed by atoms with Gasteiger partial charge in [-0.15, -0.1) is 0 Å². The van der Waals surface area contributed by atoms with Crippen molar-refractivity contribution in [2.45, 2.75) is 13.5 Å². The Morgan fingerprint density at radius 2 is 1.29 bits per heavy atom. The first-order chi connectivity index (χ1) is 11.5. The molecule has 0 aliphatic heterocycles. The van der Waals surface area contributed by atoms with Gasteiger partial charge < -0.3 is 15.1 Å². The first kappa shape index (κ1) is 16.6. The maximum absolute atomic E-state index is 9.56. The zero-order chi connectivity index (χ0) is 17.1. The number of aromatic hydroxyl groups is 2. The highest BCUT2D eigenvalue weighted by Crippen LogP contribution is 2.31. The molecule has 0 heterocycles. The second-order valence-electron chi connectivity index (χ2n) is 5.67. The third kappa shape index (κ3) is 3.64. The van der Waals surface area contributed by atoms with Gasteiger partial charge in [0.05, 0.1) is 0 Å². The summed E-state index contributed by atoms with van der Waals surface area (Å²) < 4.78 is 1.25. The van der Waals surface area contributed by atoms with Crippen LogP contribution in [-0.4, -0.2) is 10.2 Å². The van der Waals surface area contributed by atoms with Crippen LogP contribution in [0.3, 0.4) is 0 Å². The summed E-state index contributed by atoms with van der Waals surface area (Å²) in [6.45, 7) is 2.81. The molecular weight excluding hydrogens is 413 g/mol. The Morgan fingerprint density at radius 3 is 1.79 bits per heavy atom. The van der Waals surface area contributed by atoms with E-state index in [1.165, 1.54) is 14.7 Å². The summed E-state index contributed by atoms with van der Waals surface area (Å²) in [6, 6.07) is 20.6. The lowest BCUT2D eigenvalue weighted by molar-refractivity contribution is 0.475. The minimum Gasteiger partial charge on any atom is -0.508 e. The number of anilines is 2. The smallest absolute Gasteiger partial charge is 0.115 e. The van der Waals surface area contributed by atoms with Crippen LogP contribution in [0.4, 0.5) is 11.4 Å². The third-order valence-corrected chi connectivity index (χ3v) is 5.47. The van der Waals surface area contributed by atoms with E-state index in [1.54, 1.807) is 24.3 Å². The van der Waals surface area contributed by atoms with E-state index in [0.29, 0.717) is 6.54 Å². The molecule has 0 fully saturated rings. The number of benzene rings is 3. The zero-order valence-electron chi connectivity index (χ0n) is 13.3. The maximum Gasteiger partial charge on any atom is 0.115 e. The molecule has 2 N–H and O–H groups in total. The summed E-state index contributed by atoms with van der Waals surface area (Å²) in [5.74, 6) is 0.490. The number of halogens is 1. The normalized spacial score (nSPS) is 10.6. The SMILES string of the molecule is Cc1cccc(CN(c2ccc(O)cc2)c2ccc(O)cc2)c1I. The topological polar surface area (TPSA) is 43.7 Å². The van der Waals surface area contributed by atoms with E-state index in [4.69, 9.17) is 0 Å². The molecule has 3 aromatic rings. The Bertz CT molecular complexity index is 784. The predicted octanol–water partition coefficient (Wildman–Crippen LogP) is 5.35. The third-order valence-electron chi connectivity index (χ3n) is 3.92. The molecule has 0 amide bonds. The Balaban J connectivity index is 2.03. The van der Waals surface area contributed by atoms with Crippen molar-refractivity contribution in [3.05, 3.63) is 81.4 Å². The monoisotopic (exact) mass is 431 g/mol. The molecule has 0 saturated heterocycles. The van der Waals surface area contributed by atoms with Crippen LogP contribution in [0.15, 0.2) is 66.7 Å². The van der Waals surface area contributed by atoms with Gasteiger partial charge in [-0.05, 0) is 89.2 Å². The van der Waals surface area contributed by atoms with Crippen molar-refractivity contribution >= 4 is 34.0 Å². The van der Waals surface area contributed by atoms with Crippen LogP contribution in [0, 0.1) is 10.5 Å². The van der Waals surface area contributed by atoms with Crippen molar-refractivity contribution in [1.82, 2.24) is 0 Å². The Morgan fingerprint density at radius 1 is 0.792 bits per heavy atom. The van der Waals surface area contributed by atoms with Crippen molar-refractivity contribution in [2.24, 2.45) is 0 Å². The van der Waals surface area contributed by atoms with Gasteiger partial charge in [0.15, 0.2) is 0 Å². The van der Waals surface area contributed by atoms with Crippen LogP contribution in [-0.2, 0) is 6.54 Å².